The zero-order chi connectivity index (χ0) is 12.7. The van der Waals surface area contributed by atoms with Crippen LogP contribution < -0.4 is 10.6 Å². The van der Waals surface area contributed by atoms with Crippen molar-refractivity contribution in [1.82, 2.24) is 15.3 Å². The van der Waals surface area contributed by atoms with Gasteiger partial charge in [0.2, 0.25) is 5.91 Å². The summed E-state index contributed by atoms with van der Waals surface area (Å²) in [5.74, 6) is 0.803. The van der Waals surface area contributed by atoms with E-state index in [4.69, 9.17) is 0 Å². The number of hydrogen-bond donors (Lipinski definition) is 2. The molecule has 1 aromatic heterocycles. The molecule has 0 saturated heterocycles. The molecule has 1 aromatic rings. The summed E-state index contributed by atoms with van der Waals surface area (Å²) in [5, 5.41) is 6.02. The molecule has 94 valence electrons. The molecule has 0 aliphatic rings. The SMILES string of the molecule is CCC(C)NC(=O)CCNc1nccnc1C. The molecule has 1 amide bonds. The first-order valence-electron chi connectivity index (χ1n) is 5.94. The van der Waals surface area contributed by atoms with Gasteiger partial charge in [-0.2, -0.15) is 0 Å². The summed E-state index contributed by atoms with van der Waals surface area (Å²) in [5.41, 5.74) is 0.842. The van der Waals surface area contributed by atoms with E-state index in [-0.39, 0.29) is 11.9 Å². The number of anilines is 1. The summed E-state index contributed by atoms with van der Waals surface area (Å²) in [4.78, 5) is 19.8. The van der Waals surface area contributed by atoms with Crippen LogP contribution in [0.25, 0.3) is 0 Å². The average Bonchev–Trinajstić information content (AvgIpc) is 2.31. The molecule has 17 heavy (non-hydrogen) atoms. The van der Waals surface area contributed by atoms with Crippen LogP contribution in [0, 0.1) is 6.92 Å². The Hall–Kier alpha value is -1.65. The van der Waals surface area contributed by atoms with Crippen LogP contribution in [-0.2, 0) is 4.79 Å². The molecule has 0 spiro atoms. The number of hydrogen-bond acceptors (Lipinski definition) is 4. The molecular formula is C12H20N4O. The largest absolute Gasteiger partial charge is 0.368 e. The molecule has 2 N–H and O–H groups in total. The molecule has 0 aliphatic carbocycles. The van der Waals surface area contributed by atoms with Gasteiger partial charge in [-0.05, 0) is 20.3 Å². The molecule has 1 atom stereocenters. The Bertz CT molecular complexity index is 367. The lowest BCUT2D eigenvalue weighted by molar-refractivity contribution is -0.121. The number of carbonyl (C=O) groups is 1. The van der Waals surface area contributed by atoms with Crippen molar-refractivity contribution in [2.24, 2.45) is 0 Å². The Morgan fingerprint density at radius 3 is 2.76 bits per heavy atom. The van der Waals surface area contributed by atoms with E-state index in [0.717, 1.165) is 17.9 Å². The van der Waals surface area contributed by atoms with Gasteiger partial charge in [-0.25, -0.2) is 4.98 Å². The minimum absolute atomic E-state index is 0.0633. The highest BCUT2D eigenvalue weighted by Gasteiger charge is 2.05. The first-order chi connectivity index (χ1) is 8.13. The second-order valence-corrected chi connectivity index (χ2v) is 4.04. The van der Waals surface area contributed by atoms with Gasteiger partial charge in [0.05, 0.1) is 5.69 Å². The van der Waals surface area contributed by atoms with Crippen molar-refractivity contribution in [2.75, 3.05) is 11.9 Å². The predicted octanol–water partition coefficient (Wildman–Crippen LogP) is 1.50. The standard InChI is InChI=1S/C12H20N4O/c1-4-9(2)16-11(17)5-6-14-12-10(3)13-7-8-15-12/h7-9H,4-6H2,1-3H3,(H,14,15)(H,16,17). The van der Waals surface area contributed by atoms with Crippen LogP contribution in [0.5, 0.6) is 0 Å². The maximum atomic E-state index is 11.5. The van der Waals surface area contributed by atoms with Gasteiger partial charge in [-0.1, -0.05) is 6.92 Å². The highest BCUT2D eigenvalue weighted by Crippen LogP contribution is 2.05. The Labute approximate surface area is 102 Å². The zero-order valence-electron chi connectivity index (χ0n) is 10.7. The van der Waals surface area contributed by atoms with E-state index in [1.54, 1.807) is 12.4 Å². The third kappa shape index (κ3) is 4.80. The molecule has 0 aliphatic heterocycles. The maximum absolute atomic E-state index is 11.5. The number of nitrogens with one attached hydrogen (secondary N) is 2. The molecule has 0 aromatic carbocycles. The van der Waals surface area contributed by atoms with Gasteiger partial charge in [0, 0.05) is 31.4 Å². The molecule has 0 radical (unpaired) electrons. The van der Waals surface area contributed by atoms with Crippen LogP contribution in [0.3, 0.4) is 0 Å². The van der Waals surface area contributed by atoms with E-state index in [9.17, 15) is 4.79 Å². The van der Waals surface area contributed by atoms with E-state index in [1.165, 1.54) is 0 Å². The average molecular weight is 236 g/mol. The number of carbonyl (C=O) groups excluding carboxylic acids is 1. The Morgan fingerprint density at radius 2 is 2.12 bits per heavy atom. The number of rotatable bonds is 6. The van der Waals surface area contributed by atoms with Crippen LogP contribution in [0.1, 0.15) is 32.4 Å². The molecule has 0 saturated carbocycles. The van der Waals surface area contributed by atoms with Crippen molar-refractivity contribution in [3.63, 3.8) is 0 Å². The van der Waals surface area contributed by atoms with Gasteiger partial charge in [0.15, 0.2) is 0 Å². The minimum atomic E-state index is 0.0633. The zero-order valence-corrected chi connectivity index (χ0v) is 10.7. The number of nitrogens with zero attached hydrogens (tertiary/aromatic N) is 2. The summed E-state index contributed by atoms with van der Waals surface area (Å²) in [7, 11) is 0. The Balaban J connectivity index is 2.29. The van der Waals surface area contributed by atoms with Crippen molar-refractivity contribution in [2.45, 2.75) is 39.7 Å². The van der Waals surface area contributed by atoms with E-state index in [2.05, 4.69) is 20.6 Å². The molecule has 5 nitrogen and oxygen atoms in total. The van der Waals surface area contributed by atoms with Crippen LogP contribution in [0.4, 0.5) is 5.82 Å². The first-order valence-corrected chi connectivity index (χ1v) is 5.94. The fraction of sp³-hybridized carbons (Fsp3) is 0.583. The van der Waals surface area contributed by atoms with Gasteiger partial charge in [0.25, 0.3) is 0 Å². The van der Waals surface area contributed by atoms with Crippen molar-refractivity contribution in [1.29, 1.82) is 0 Å². The molecule has 0 fully saturated rings. The van der Waals surface area contributed by atoms with Gasteiger partial charge < -0.3 is 10.6 Å². The Morgan fingerprint density at radius 1 is 1.41 bits per heavy atom. The van der Waals surface area contributed by atoms with Gasteiger partial charge in [-0.15, -0.1) is 0 Å². The van der Waals surface area contributed by atoms with E-state index < -0.39 is 0 Å². The lowest BCUT2D eigenvalue weighted by atomic mass is 10.2. The number of amides is 1. The molecule has 1 rings (SSSR count). The second kappa shape index (κ2) is 6.83. The summed E-state index contributed by atoms with van der Waals surface area (Å²) in [6.45, 7) is 6.50. The van der Waals surface area contributed by atoms with Gasteiger partial charge in [0.1, 0.15) is 5.82 Å². The fourth-order valence-electron chi connectivity index (χ4n) is 1.32. The molecular weight excluding hydrogens is 216 g/mol. The smallest absolute Gasteiger partial charge is 0.221 e. The number of aryl methyl sites for hydroxylation is 1. The molecule has 1 heterocycles. The van der Waals surface area contributed by atoms with Crippen LogP contribution in [-0.4, -0.2) is 28.5 Å². The van der Waals surface area contributed by atoms with Crippen LogP contribution in [0.15, 0.2) is 12.4 Å². The predicted molar refractivity (Wildman–Crippen MR) is 67.8 cm³/mol. The third-order valence-electron chi connectivity index (χ3n) is 2.55. The topological polar surface area (TPSA) is 66.9 Å². The van der Waals surface area contributed by atoms with Gasteiger partial charge in [-0.3, -0.25) is 9.78 Å². The van der Waals surface area contributed by atoms with Crippen LogP contribution in [0.2, 0.25) is 0 Å². The van der Waals surface area contributed by atoms with E-state index in [1.807, 2.05) is 20.8 Å². The summed E-state index contributed by atoms with van der Waals surface area (Å²) >= 11 is 0. The highest BCUT2D eigenvalue weighted by atomic mass is 16.1. The van der Waals surface area contributed by atoms with E-state index in [0.29, 0.717) is 13.0 Å². The lowest BCUT2D eigenvalue weighted by Crippen LogP contribution is -2.33. The van der Waals surface area contributed by atoms with Crippen molar-refractivity contribution in [3.8, 4) is 0 Å². The molecule has 1 unspecified atom stereocenters. The van der Waals surface area contributed by atoms with Crippen molar-refractivity contribution >= 4 is 11.7 Å². The maximum Gasteiger partial charge on any atom is 0.221 e. The molecule has 5 heteroatoms. The highest BCUT2D eigenvalue weighted by molar-refractivity contribution is 5.76. The lowest BCUT2D eigenvalue weighted by Gasteiger charge is -2.12. The van der Waals surface area contributed by atoms with Gasteiger partial charge >= 0.3 is 0 Å². The summed E-state index contributed by atoms with van der Waals surface area (Å²) in [6, 6.07) is 0.237. The second-order valence-electron chi connectivity index (χ2n) is 4.04. The minimum Gasteiger partial charge on any atom is -0.368 e. The fourth-order valence-corrected chi connectivity index (χ4v) is 1.32. The van der Waals surface area contributed by atoms with Crippen LogP contribution >= 0.6 is 0 Å². The molecule has 0 bridgehead atoms. The quantitative estimate of drug-likeness (QED) is 0.785. The van der Waals surface area contributed by atoms with E-state index >= 15 is 0 Å². The van der Waals surface area contributed by atoms with Crippen molar-refractivity contribution < 1.29 is 4.79 Å². The first kappa shape index (κ1) is 13.4. The Kier molecular flexibility index (Phi) is 5.39. The summed E-state index contributed by atoms with van der Waals surface area (Å²) < 4.78 is 0. The van der Waals surface area contributed by atoms with Crippen molar-refractivity contribution in [3.05, 3.63) is 18.1 Å². The summed E-state index contributed by atoms with van der Waals surface area (Å²) in [6.07, 6.45) is 4.67. The normalized spacial score (nSPS) is 11.9. The third-order valence-corrected chi connectivity index (χ3v) is 2.55. The number of aromatic nitrogens is 2. The monoisotopic (exact) mass is 236 g/mol.